The Labute approximate surface area is 146 Å². The summed E-state index contributed by atoms with van der Waals surface area (Å²) in [5, 5.41) is 14.1. The molecule has 0 aliphatic heterocycles. The summed E-state index contributed by atoms with van der Waals surface area (Å²) in [7, 11) is 1.58. The second kappa shape index (κ2) is 7.87. The van der Waals surface area contributed by atoms with Gasteiger partial charge < -0.3 is 20.5 Å². The molecule has 0 aromatic heterocycles. The quantitative estimate of drug-likeness (QED) is 0.729. The maximum atomic E-state index is 12.6. The zero-order valence-corrected chi connectivity index (χ0v) is 13.6. The number of amides is 1. The van der Waals surface area contributed by atoms with Crippen molar-refractivity contribution in [1.29, 1.82) is 0 Å². The predicted molar refractivity (Wildman–Crippen MR) is 88.1 cm³/mol. The molecule has 0 atom stereocenters. The van der Waals surface area contributed by atoms with Gasteiger partial charge in [0.15, 0.2) is 0 Å². The number of halogens is 3. The number of benzene rings is 2. The maximum absolute atomic E-state index is 12.6. The van der Waals surface area contributed by atoms with Gasteiger partial charge in [-0.15, -0.1) is 13.2 Å². The average molecular weight is 368 g/mol. The molecule has 0 saturated carbocycles. The molecule has 0 saturated heterocycles. The molecule has 0 fully saturated rings. The second-order valence-electron chi connectivity index (χ2n) is 5.22. The Hall–Kier alpha value is -3.07. The molecule has 26 heavy (non-hydrogen) atoms. The van der Waals surface area contributed by atoms with Crippen LogP contribution in [0.3, 0.4) is 0 Å². The SMILES string of the molecule is CNCC(=O)Nc1ccc(OC(F)(F)F)c(-c2ccc(C(=O)O)cc2)c1. The summed E-state index contributed by atoms with van der Waals surface area (Å²) in [6.45, 7) is 0.0312. The van der Waals surface area contributed by atoms with Crippen LogP contribution in [0.25, 0.3) is 11.1 Å². The van der Waals surface area contributed by atoms with Crippen LogP contribution in [-0.4, -0.2) is 36.9 Å². The predicted octanol–water partition coefficient (Wildman–Crippen LogP) is 3.11. The fraction of sp³-hybridized carbons (Fsp3) is 0.176. The summed E-state index contributed by atoms with van der Waals surface area (Å²) in [4.78, 5) is 22.6. The fourth-order valence-electron chi connectivity index (χ4n) is 2.21. The average Bonchev–Trinajstić information content (AvgIpc) is 2.55. The van der Waals surface area contributed by atoms with Crippen LogP contribution in [0, 0.1) is 0 Å². The van der Waals surface area contributed by atoms with Crippen LogP contribution in [0.15, 0.2) is 42.5 Å². The van der Waals surface area contributed by atoms with Crippen LogP contribution >= 0.6 is 0 Å². The Balaban J connectivity index is 2.43. The van der Waals surface area contributed by atoms with Crippen LogP contribution in [0.4, 0.5) is 18.9 Å². The van der Waals surface area contributed by atoms with Crippen LogP contribution in [0.2, 0.25) is 0 Å². The Kier molecular flexibility index (Phi) is 5.83. The lowest BCUT2D eigenvalue weighted by atomic mass is 10.0. The molecule has 0 spiro atoms. The zero-order valence-electron chi connectivity index (χ0n) is 13.6. The van der Waals surface area contributed by atoms with Gasteiger partial charge in [0.25, 0.3) is 0 Å². The standard InChI is InChI=1S/C17H15F3N2O4/c1-21-9-15(23)22-12-6-7-14(26-17(18,19)20)13(8-12)10-2-4-11(5-3-10)16(24)25/h2-8,21H,9H2,1H3,(H,22,23)(H,24,25). The molecule has 2 aromatic carbocycles. The summed E-state index contributed by atoms with van der Waals surface area (Å²) in [6, 6.07) is 8.95. The molecular weight excluding hydrogens is 353 g/mol. The van der Waals surface area contributed by atoms with E-state index in [1.54, 1.807) is 7.05 Å². The van der Waals surface area contributed by atoms with Crippen LogP contribution in [0.5, 0.6) is 5.75 Å². The lowest BCUT2D eigenvalue weighted by Crippen LogP contribution is -2.25. The number of hydrogen-bond donors (Lipinski definition) is 3. The number of alkyl halides is 3. The van der Waals surface area contributed by atoms with Crippen molar-refractivity contribution in [1.82, 2.24) is 5.32 Å². The van der Waals surface area contributed by atoms with Gasteiger partial charge in [-0.1, -0.05) is 12.1 Å². The molecule has 0 heterocycles. The summed E-state index contributed by atoms with van der Waals surface area (Å²) in [5.41, 5.74) is 0.628. The van der Waals surface area contributed by atoms with E-state index in [-0.39, 0.29) is 29.3 Å². The number of likely N-dealkylation sites (N-methyl/N-ethyl adjacent to an activating group) is 1. The molecule has 3 N–H and O–H groups in total. The van der Waals surface area contributed by atoms with Crippen molar-refractivity contribution in [3.8, 4) is 16.9 Å². The number of ether oxygens (including phenoxy) is 1. The number of carbonyl (C=O) groups excluding carboxylic acids is 1. The Morgan fingerprint density at radius 1 is 1.12 bits per heavy atom. The van der Waals surface area contributed by atoms with Crippen LogP contribution in [0.1, 0.15) is 10.4 Å². The first-order valence-corrected chi connectivity index (χ1v) is 7.37. The molecule has 2 rings (SSSR count). The summed E-state index contributed by atoms with van der Waals surface area (Å²) in [6.07, 6.45) is -4.90. The van der Waals surface area contributed by atoms with Crippen LogP contribution < -0.4 is 15.4 Å². The van der Waals surface area contributed by atoms with E-state index < -0.39 is 18.1 Å². The third-order valence-corrected chi connectivity index (χ3v) is 3.27. The van der Waals surface area contributed by atoms with Crippen molar-refractivity contribution in [2.75, 3.05) is 18.9 Å². The van der Waals surface area contributed by atoms with E-state index in [4.69, 9.17) is 5.11 Å². The molecule has 0 aliphatic carbocycles. The minimum Gasteiger partial charge on any atom is -0.478 e. The van der Waals surface area contributed by atoms with Crippen molar-refractivity contribution in [2.24, 2.45) is 0 Å². The highest BCUT2D eigenvalue weighted by Gasteiger charge is 2.32. The summed E-state index contributed by atoms with van der Waals surface area (Å²) < 4.78 is 42.0. The number of hydrogen-bond acceptors (Lipinski definition) is 4. The van der Waals surface area contributed by atoms with Gasteiger partial charge in [-0.25, -0.2) is 4.79 Å². The van der Waals surface area contributed by atoms with Crippen molar-refractivity contribution >= 4 is 17.6 Å². The van der Waals surface area contributed by atoms with Gasteiger partial charge in [-0.3, -0.25) is 4.79 Å². The molecule has 6 nitrogen and oxygen atoms in total. The third-order valence-electron chi connectivity index (χ3n) is 3.27. The molecular formula is C17H15F3N2O4. The molecule has 0 bridgehead atoms. The summed E-state index contributed by atoms with van der Waals surface area (Å²) >= 11 is 0. The van der Waals surface area contributed by atoms with Crippen molar-refractivity contribution in [3.05, 3.63) is 48.0 Å². The van der Waals surface area contributed by atoms with E-state index in [1.165, 1.54) is 36.4 Å². The van der Waals surface area contributed by atoms with Gasteiger partial charge in [-0.05, 0) is 42.9 Å². The first-order chi connectivity index (χ1) is 12.2. The minimum absolute atomic E-state index is 0.00878. The number of anilines is 1. The zero-order chi connectivity index (χ0) is 19.3. The normalized spacial score (nSPS) is 11.1. The molecule has 1 amide bonds. The van der Waals surface area contributed by atoms with E-state index in [9.17, 15) is 22.8 Å². The number of nitrogens with one attached hydrogen (secondary N) is 2. The smallest absolute Gasteiger partial charge is 0.478 e. The monoisotopic (exact) mass is 368 g/mol. The molecule has 138 valence electrons. The highest BCUT2D eigenvalue weighted by molar-refractivity contribution is 5.93. The second-order valence-corrected chi connectivity index (χ2v) is 5.22. The number of carboxylic acids is 1. The van der Waals surface area contributed by atoms with E-state index in [2.05, 4.69) is 15.4 Å². The lowest BCUT2D eigenvalue weighted by molar-refractivity contribution is -0.274. The Bertz CT molecular complexity index is 805. The summed E-state index contributed by atoms with van der Waals surface area (Å²) in [5.74, 6) is -1.99. The topological polar surface area (TPSA) is 87.7 Å². The first kappa shape index (κ1) is 19.3. The first-order valence-electron chi connectivity index (χ1n) is 7.37. The van der Waals surface area contributed by atoms with E-state index in [1.807, 2.05) is 0 Å². The Morgan fingerprint density at radius 3 is 2.31 bits per heavy atom. The van der Waals surface area contributed by atoms with Gasteiger partial charge in [-0.2, -0.15) is 0 Å². The maximum Gasteiger partial charge on any atom is 0.573 e. The van der Waals surface area contributed by atoms with Crippen molar-refractivity contribution in [2.45, 2.75) is 6.36 Å². The van der Waals surface area contributed by atoms with Crippen molar-refractivity contribution in [3.63, 3.8) is 0 Å². The number of carboxylic acid groups (broad SMARTS) is 1. The third kappa shape index (κ3) is 5.21. The fourth-order valence-corrected chi connectivity index (χ4v) is 2.21. The lowest BCUT2D eigenvalue weighted by Gasteiger charge is -2.15. The number of carbonyl (C=O) groups is 2. The Morgan fingerprint density at radius 2 is 1.77 bits per heavy atom. The molecule has 2 aromatic rings. The molecule has 0 radical (unpaired) electrons. The van der Waals surface area contributed by atoms with Crippen LogP contribution in [-0.2, 0) is 4.79 Å². The van der Waals surface area contributed by atoms with Gasteiger partial charge in [0, 0.05) is 11.3 Å². The highest BCUT2D eigenvalue weighted by Crippen LogP contribution is 2.36. The minimum atomic E-state index is -4.90. The highest BCUT2D eigenvalue weighted by atomic mass is 19.4. The molecule has 0 unspecified atom stereocenters. The number of aromatic carboxylic acids is 1. The van der Waals surface area contributed by atoms with Gasteiger partial charge >= 0.3 is 12.3 Å². The van der Waals surface area contributed by atoms with Gasteiger partial charge in [0.05, 0.1) is 12.1 Å². The van der Waals surface area contributed by atoms with Gasteiger partial charge in [0.1, 0.15) is 5.75 Å². The largest absolute Gasteiger partial charge is 0.573 e. The van der Waals surface area contributed by atoms with Gasteiger partial charge in [0.2, 0.25) is 5.91 Å². The molecule has 0 aliphatic rings. The van der Waals surface area contributed by atoms with E-state index >= 15 is 0 Å². The van der Waals surface area contributed by atoms with E-state index in [0.717, 1.165) is 6.07 Å². The van der Waals surface area contributed by atoms with Crippen molar-refractivity contribution < 1.29 is 32.6 Å². The number of rotatable bonds is 6. The van der Waals surface area contributed by atoms with E-state index in [0.29, 0.717) is 5.56 Å². The molecule has 9 heteroatoms.